The van der Waals surface area contributed by atoms with E-state index in [9.17, 15) is 19.2 Å². The van der Waals surface area contributed by atoms with Crippen LogP contribution in [0.3, 0.4) is 0 Å². The molecule has 0 atom stereocenters. The normalized spacial score (nSPS) is 10.9. The Bertz CT molecular complexity index is 1310. The molecule has 0 spiro atoms. The fourth-order valence-corrected chi connectivity index (χ4v) is 3.59. The van der Waals surface area contributed by atoms with Gasteiger partial charge in [-0.3, -0.25) is 9.59 Å². The maximum absolute atomic E-state index is 13.6. The number of aryl methyl sites for hydroxylation is 2. The molecule has 172 valence electrons. The van der Waals surface area contributed by atoms with Crippen LogP contribution in [-0.4, -0.2) is 18.4 Å². The second kappa shape index (κ2) is 11.3. The summed E-state index contributed by atoms with van der Waals surface area (Å²) >= 11 is 3.37. The van der Waals surface area contributed by atoms with Crippen LogP contribution in [-0.2, 0) is 9.59 Å². The highest BCUT2D eigenvalue weighted by Gasteiger charge is 2.13. The SMILES string of the molecule is Cc1ccc(NC(=O)/C(C#N)=C/c2ccc(OCC(=O)Nc3ccccc3F)c(Br)c2)c(C)c1. The summed E-state index contributed by atoms with van der Waals surface area (Å²) in [6.45, 7) is 3.51. The standard InChI is InChI=1S/C26H21BrFN3O3/c1-16-7-9-22(17(2)11-16)31-26(33)19(14-29)12-18-8-10-24(20(27)13-18)34-15-25(32)30-23-6-4-3-5-21(23)28/h3-13H,15H2,1-2H3,(H,30,32)(H,31,33)/b19-12+. The zero-order chi connectivity index (χ0) is 24.7. The van der Waals surface area contributed by atoms with E-state index in [1.54, 1.807) is 30.3 Å². The summed E-state index contributed by atoms with van der Waals surface area (Å²) in [7, 11) is 0. The Balaban J connectivity index is 1.65. The molecule has 0 bridgehead atoms. The third-order valence-corrected chi connectivity index (χ3v) is 5.39. The largest absolute Gasteiger partial charge is 0.483 e. The number of carbonyl (C=O) groups excluding carboxylic acids is 2. The molecule has 0 unspecified atom stereocenters. The van der Waals surface area contributed by atoms with Gasteiger partial charge >= 0.3 is 0 Å². The summed E-state index contributed by atoms with van der Waals surface area (Å²) in [4.78, 5) is 24.6. The molecule has 2 N–H and O–H groups in total. The number of nitrogens with zero attached hydrogens (tertiary/aromatic N) is 1. The number of hydrogen-bond donors (Lipinski definition) is 2. The molecule has 34 heavy (non-hydrogen) atoms. The summed E-state index contributed by atoms with van der Waals surface area (Å²) in [5.74, 6) is -1.20. The van der Waals surface area contributed by atoms with Crippen molar-refractivity contribution in [2.75, 3.05) is 17.2 Å². The number of ether oxygens (including phenoxy) is 1. The Hall–Kier alpha value is -3.96. The highest BCUT2D eigenvalue weighted by molar-refractivity contribution is 9.10. The lowest BCUT2D eigenvalue weighted by molar-refractivity contribution is -0.118. The number of carbonyl (C=O) groups is 2. The molecule has 3 rings (SSSR count). The van der Waals surface area contributed by atoms with Crippen molar-refractivity contribution in [3.05, 3.63) is 93.2 Å². The summed E-state index contributed by atoms with van der Waals surface area (Å²) in [6, 6.07) is 18.3. The number of nitrogens with one attached hydrogen (secondary N) is 2. The first-order valence-electron chi connectivity index (χ1n) is 10.2. The van der Waals surface area contributed by atoms with Crippen LogP contribution < -0.4 is 15.4 Å². The molecule has 8 heteroatoms. The molecule has 3 aromatic rings. The van der Waals surface area contributed by atoms with Crippen LogP contribution in [0.2, 0.25) is 0 Å². The Morgan fingerprint density at radius 2 is 1.82 bits per heavy atom. The molecule has 0 aromatic heterocycles. The maximum atomic E-state index is 13.6. The Morgan fingerprint density at radius 3 is 2.50 bits per heavy atom. The number of benzene rings is 3. The molecular formula is C26H21BrFN3O3. The molecule has 2 amide bonds. The van der Waals surface area contributed by atoms with Crippen molar-refractivity contribution >= 4 is 45.2 Å². The maximum Gasteiger partial charge on any atom is 0.266 e. The summed E-state index contributed by atoms with van der Waals surface area (Å²) < 4.78 is 19.7. The lowest BCUT2D eigenvalue weighted by Gasteiger charge is -2.10. The van der Waals surface area contributed by atoms with Gasteiger partial charge in [0.25, 0.3) is 11.8 Å². The topological polar surface area (TPSA) is 91.2 Å². The number of para-hydroxylation sites is 1. The Kier molecular flexibility index (Phi) is 8.17. The van der Waals surface area contributed by atoms with Crippen molar-refractivity contribution in [3.63, 3.8) is 0 Å². The molecule has 0 saturated carbocycles. The monoisotopic (exact) mass is 521 g/mol. The van der Waals surface area contributed by atoms with E-state index in [-0.39, 0.29) is 17.9 Å². The number of hydrogen-bond acceptors (Lipinski definition) is 4. The van der Waals surface area contributed by atoms with E-state index in [0.717, 1.165) is 11.1 Å². The quantitative estimate of drug-likeness (QED) is 0.305. The smallest absolute Gasteiger partial charge is 0.266 e. The van der Waals surface area contributed by atoms with Crippen LogP contribution in [0.1, 0.15) is 16.7 Å². The van der Waals surface area contributed by atoms with Gasteiger partial charge in [-0.2, -0.15) is 5.26 Å². The van der Waals surface area contributed by atoms with Gasteiger partial charge in [-0.05, 0) is 77.3 Å². The molecule has 0 radical (unpaired) electrons. The molecule has 0 aliphatic heterocycles. The van der Waals surface area contributed by atoms with Crippen molar-refractivity contribution in [2.24, 2.45) is 0 Å². The number of nitriles is 1. The van der Waals surface area contributed by atoms with Gasteiger partial charge in [0.15, 0.2) is 6.61 Å². The van der Waals surface area contributed by atoms with Gasteiger partial charge in [0.1, 0.15) is 23.2 Å². The molecule has 0 aliphatic rings. The lowest BCUT2D eigenvalue weighted by atomic mass is 10.1. The van der Waals surface area contributed by atoms with E-state index < -0.39 is 17.6 Å². The Morgan fingerprint density at radius 1 is 1.06 bits per heavy atom. The first kappa shape index (κ1) is 24.7. The van der Waals surface area contributed by atoms with Gasteiger partial charge in [-0.15, -0.1) is 0 Å². The third-order valence-electron chi connectivity index (χ3n) is 4.77. The molecular weight excluding hydrogens is 501 g/mol. The fraction of sp³-hybridized carbons (Fsp3) is 0.115. The zero-order valence-electron chi connectivity index (χ0n) is 18.5. The van der Waals surface area contributed by atoms with Crippen molar-refractivity contribution in [1.29, 1.82) is 5.26 Å². The van der Waals surface area contributed by atoms with Crippen molar-refractivity contribution in [1.82, 2.24) is 0 Å². The van der Waals surface area contributed by atoms with Crippen LogP contribution in [0.4, 0.5) is 15.8 Å². The van der Waals surface area contributed by atoms with Crippen LogP contribution in [0.5, 0.6) is 5.75 Å². The van der Waals surface area contributed by atoms with E-state index >= 15 is 0 Å². The highest BCUT2D eigenvalue weighted by Crippen LogP contribution is 2.27. The Labute approximate surface area is 205 Å². The summed E-state index contributed by atoms with van der Waals surface area (Å²) in [5, 5.41) is 14.7. The molecule has 0 saturated heterocycles. The van der Waals surface area contributed by atoms with Crippen LogP contribution >= 0.6 is 15.9 Å². The van der Waals surface area contributed by atoms with Crippen LogP contribution in [0, 0.1) is 31.0 Å². The van der Waals surface area contributed by atoms with E-state index in [1.807, 2.05) is 32.0 Å². The van der Waals surface area contributed by atoms with Crippen LogP contribution in [0.15, 0.2) is 70.7 Å². The predicted molar refractivity (Wildman–Crippen MR) is 133 cm³/mol. The minimum atomic E-state index is -0.539. The van der Waals surface area contributed by atoms with Gasteiger partial charge in [0.05, 0.1) is 10.2 Å². The minimum Gasteiger partial charge on any atom is -0.483 e. The van der Waals surface area contributed by atoms with E-state index in [2.05, 4.69) is 26.6 Å². The van der Waals surface area contributed by atoms with Gasteiger partial charge in [0, 0.05) is 5.69 Å². The van der Waals surface area contributed by atoms with Gasteiger partial charge in [-0.1, -0.05) is 35.9 Å². The van der Waals surface area contributed by atoms with E-state index in [0.29, 0.717) is 21.5 Å². The van der Waals surface area contributed by atoms with Gasteiger partial charge in [0.2, 0.25) is 0 Å². The highest BCUT2D eigenvalue weighted by atomic mass is 79.9. The van der Waals surface area contributed by atoms with E-state index in [1.165, 1.54) is 24.3 Å². The third kappa shape index (κ3) is 6.53. The van der Waals surface area contributed by atoms with Crippen molar-refractivity contribution < 1.29 is 18.7 Å². The van der Waals surface area contributed by atoms with Crippen LogP contribution in [0.25, 0.3) is 6.08 Å². The zero-order valence-corrected chi connectivity index (χ0v) is 20.1. The molecule has 3 aromatic carbocycles. The van der Waals surface area contributed by atoms with Crippen molar-refractivity contribution in [3.8, 4) is 11.8 Å². The second-order valence-corrected chi connectivity index (χ2v) is 8.30. The minimum absolute atomic E-state index is 0.0650. The lowest BCUT2D eigenvalue weighted by Crippen LogP contribution is -2.20. The summed E-state index contributed by atoms with van der Waals surface area (Å²) in [6.07, 6.45) is 1.46. The second-order valence-electron chi connectivity index (χ2n) is 7.45. The molecule has 0 heterocycles. The van der Waals surface area contributed by atoms with Gasteiger partial charge in [-0.25, -0.2) is 4.39 Å². The van der Waals surface area contributed by atoms with Crippen molar-refractivity contribution in [2.45, 2.75) is 13.8 Å². The number of amides is 2. The summed E-state index contributed by atoms with van der Waals surface area (Å²) in [5.41, 5.74) is 3.19. The predicted octanol–water partition coefficient (Wildman–Crippen LogP) is 5.77. The van der Waals surface area contributed by atoms with E-state index in [4.69, 9.17) is 4.74 Å². The molecule has 0 aliphatic carbocycles. The molecule has 0 fully saturated rings. The first-order valence-corrected chi connectivity index (χ1v) is 11.0. The molecule has 6 nitrogen and oxygen atoms in total. The van der Waals surface area contributed by atoms with Gasteiger partial charge < -0.3 is 15.4 Å². The number of rotatable bonds is 7. The first-order chi connectivity index (χ1) is 16.3. The number of anilines is 2. The average molecular weight is 522 g/mol. The average Bonchev–Trinajstić information content (AvgIpc) is 2.80. The number of halogens is 2. The fourth-order valence-electron chi connectivity index (χ4n) is 3.07.